The van der Waals surface area contributed by atoms with Crippen molar-refractivity contribution in [2.45, 2.75) is 20.8 Å². The van der Waals surface area contributed by atoms with Crippen molar-refractivity contribution < 1.29 is 24.2 Å². The summed E-state index contributed by atoms with van der Waals surface area (Å²) in [6.07, 6.45) is 0. The molecular formula is C15H19Cl2N3O5. The van der Waals surface area contributed by atoms with Crippen LogP contribution in [0.3, 0.4) is 0 Å². The third kappa shape index (κ3) is 6.00. The number of nitrogens with zero attached hydrogens (tertiary/aromatic N) is 1. The minimum atomic E-state index is -1.47. The number of benzene rings is 1. The number of carboxylic acids is 1. The smallest absolute Gasteiger partial charge is 0.359 e. The summed E-state index contributed by atoms with van der Waals surface area (Å²) < 4.78 is 10.2. The Morgan fingerprint density at radius 2 is 1.84 bits per heavy atom. The predicted octanol–water partition coefficient (Wildman–Crippen LogP) is 2.31. The maximum absolute atomic E-state index is 11.7. The van der Waals surface area contributed by atoms with E-state index in [1.165, 1.54) is 18.2 Å². The molecule has 1 aromatic carbocycles. The first kappa shape index (κ1) is 20.9. The van der Waals surface area contributed by atoms with E-state index in [0.29, 0.717) is 10.0 Å². The van der Waals surface area contributed by atoms with Crippen LogP contribution in [0.15, 0.2) is 29.8 Å². The largest absolute Gasteiger partial charge is 0.476 e. The Balaban J connectivity index is 2.95. The highest BCUT2D eigenvalue weighted by Gasteiger charge is 2.26. The van der Waals surface area contributed by atoms with Crippen molar-refractivity contribution >= 4 is 35.1 Å². The Bertz CT molecular complexity index is 701. The van der Waals surface area contributed by atoms with Gasteiger partial charge in [-0.2, -0.15) is 0 Å². The Kier molecular flexibility index (Phi) is 6.92. The van der Waals surface area contributed by atoms with Gasteiger partial charge in [0.1, 0.15) is 5.75 Å². The number of carbonyl (C=O) groups excluding carboxylic acids is 1. The van der Waals surface area contributed by atoms with E-state index in [4.69, 9.17) is 44.3 Å². The fraction of sp³-hybridized carbons (Fsp3) is 0.333. The molecule has 0 spiro atoms. The molecule has 0 unspecified atom stereocenters. The lowest BCUT2D eigenvalue weighted by Gasteiger charge is -2.23. The molecule has 10 heteroatoms. The lowest BCUT2D eigenvalue weighted by molar-refractivity contribution is -0.158. The molecule has 0 radical (unpaired) electrons. The van der Waals surface area contributed by atoms with E-state index >= 15 is 0 Å². The number of carboxylic acid groups (broad SMARTS) is 1. The topological polar surface area (TPSA) is 128 Å². The third-order valence-electron chi connectivity index (χ3n) is 2.79. The van der Waals surface area contributed by atoms with Crippen molar-refractivity contribution in [3.8, 4) is 5.75 Å². The number of carbonyl (C=O) groups is 2. The van der Waals surface area contributed by atoms with Crippen LogP contribution in [0.25, 0.3) is 0 Å². The summed E-state index contributed by atoms with van der Waals surface area (Å²) in [7, 11) is 0. The van der Waals surface area contributed by atoms with Gasteiger partial charge in [-0.15, -0.1) is 0 Å². The molecule has 0 saturated heterocycles. The van der Waals surface area contributed by atoms with Crippen LogP contribution in [0.1, 0.15) is 20.8 Å². The summed E-state index contributed by atoms with van der Waals surface area (Å²) in [5.41, 5.74) is 4.31. The van der Waals surface area contributed by atoms with E-state index in [-0.39, 0.29) is 10.8 Å². The molecule has 0 aliphatic rings. The van der Waals surface area contributed by atoms with Gasteiger partial charge in [0.25, 0.3) is 0 Å². The van der Waals surface area contributed by atoms with E-state index in [2.05, 4.69) is 0 Å². The van der Waals surface area contributed by atoms with Crippen molar-refractivity contribution in [1.82, 2.24) is 5.01 Å². The molecule has 1 aromatic rings. The van der Waals surface area contributed by atoms with Crippen LogP contribution in [0.5, 0.6) is 5.75 Å². The number of esters is 1. The van der Waals surface area contributed by atoms with Crippen LogP contribution in [-0.4, -0.2) is 28.8 Å². The molecule has 1 rings (SSSR count). The van der Waals surface area contributed by atoms with Gasteiger partial charge in [0.2, 0.25) is 11.6 Å². The van der Waals surface area contributed by atoms with Gasteiger partial charge >= 0.3 is 11.9 Å². The number of aliphatic carboxylic acids is 1. The zero-order chi connectivity index (χ0) is 19.4. The third-order valence-corrected chi connectivity index (χ3v) is 3.53. The molecule has 0 saturated carbocycles. The standard InChI is InChI=1S/C15H19Cl2N3O5/c1-15(2,3)14(23)24-7-20(19)11(13(21)22)12(18)25-8-4-5-9(16)10(17)6-8/h4-6H,7,18-19H2,1-3H3,(H,21,22)/b12-11+. The number of halogens is 2. The summed E-state index contributed by atoms with van der Waals surface area (Å²) in [6, 6.07) is 4.26. The Morgan fingerprint density at radius 1 is 1.24 bits per heavy atom. The first-order chi connectivity index (χ1) is 11.4. The number of hydrazine groups is 1. The molecule has 0 aliphatic heterocycles. The summed E-state index contributed by atoms with van der Waals surface area (Å²) in [5, 5.41) is 10.4. The van der Waals surface area contributed by atoms with Gasteiger partial charge in [-0.25, -0.2) is 10.6 Å². The van der Waals surface area contributed by atoms with E-state index < -0.39 is 35.7 Å². The first-order valence-corrected chi connectivity index (χ1v) is 7.74. The second kappa shape index (κ2) is 8.28. The summed E-state index contributed by atoms with van der Waals surface area (Å²) >= 11 is 11.6. The van der Waals surface area contributed by atoms with Crippen molar-refractivity contribution in [2.75, 3.05) is 6.73 Å². The zero-order valence-electron chi connectivity index (χ0n) is 13.9. The van der Waals surface area contributed by atoms with Gasteiger partial charge in [0, 0.05) is 6.07 Å². The van der Waals surface area contributed by atoms with E-state index in [1.54, 1.807) is 20.8 Å². The van der Waals surface area contributed by atoms with Gasteiger partial charge < -0.3 is 20.3 Å². The van der Waals surface area contributed by atoms with Crippen molar-refractivity contribution in [2.24, 2.45) is 17.0 Å². The molecule has 0 heterocycles. The fourth-order valence-electron chi connectivity index (χ4n) is 1.49. The molecule has 0 fully saturated rings. The van der Waals surface area contributed by atoms with Gasteiger partial charge in [-0.05, 0) is 32.9 Å². The fourth-order valence-corrected chi connectivity index (χ4v) is 1.78. The van der Waals surface area contributed by atoms with Gasteiger partial charge in [0.15, 0.2) is 6.73 Å². The first-order valence-electron chi connectivity index (χ1n) is 6.99. The normalized spacial score (nSPS) is 12.2. The summed E-state index contributed by atoms with van der Waals surface area (Å²) in [6.45, 7) is 4.41. The maximum Gasteiger partial charge on any atom is 0.359 e. The van der Waals surface area contributed by atoms with Crippen molar-refractivity contribution in [3.05, 3.63) is 39.8 Å². The second-order valence-electron chi connectivity index (χ2n) is 5.98. The highest BCUT2D eigenvalue weighted by Crippen LogP contribution is 2.27. The summed E-state index contributed by atoms with van der Waals surface area (Å²) in [4.78, 5) is 23.1. The number of rotatable bonds is 6. The van der Waals surface area contributed by atoms with Crippen molar-refractivity contribution in [1.29, 1.82) is 0 Å². The Morgan fingerprint density at radius 3 is 2.32 bits per heavy atom. The number of nitrogens with two attached hydrogens (primary N) is 2. The molecule has 5 N–H and O–H groups in total. The van der Waals surface area contributed by atoms with Crippen LogP contribution in [-0.2, 0) is 14.3 Å². The SMILES string of the molecule is CC(C)(C)C(=O)OCN(N)/C(C(=O)O)=C(\N)Oc1ccc(Cl)c(Cl)c1. The van der Waals surface area contributed by atoms with Crippen LogP contribution in [0.4, 0.5) is 0 Å². The van der Waals surface area contributed by atoms with Crippen LogP contribution in [0, 0.1) is 5.41 Å². The average Bonchev–Trinajstić information content (AvgIpc) is 2.47. The monoisotopic (exact) mass is 391 g/mol. The van der Waals surface area contributed by atoms with E-state index in [1.807, 2.05) is 0 Å². The molecule has 0 atom stereocenters. The Hall–Kier alpha value is -2.16. The van der Waals surface area contributed by atoms with E-state index in [9.17, 15) is 14.7 Å². The minimum absolute atomic E-state index is 0.158. The minimum Gasteiger partial charge on any atom is -0.476 e. The molecule has 8 nitrogen and oxygen atoms in total. The van der Waals surface area contributed by atoms with Crippen LogP contribution < -0.4 is 16.3 Å². The quantitative estimate of drug-likeness (QED) is 0.168. The number of hydrogen-bond donors (Lipinski definition) is 3. The highest BCUT2D eigenvalue weighted by molar-refractivity contribution is 6.42. The zero-order valence-corrected chi connectivity index (χ0v) is 15.4. The lowest BCUT2D eigenvalue weighted by Crippen LogP contribution is -2.40. The van der Waals surface area contributed by atoms with Gasteiger partial charge in [-0.3, -0.25) is 9.80 Å². The molecule has 138 valence electrons. The van der Waals surface area contributed by atoms with Crippen LogP contribution >= 0.6 is 23.2 Å². The molecule has 0 aromatic heterocycles. The molecule has 0 amide bonds. The highest BCUT2D eigenvalue weighted by atomic mass is 35.5. The Labute approximate surface area is 154 Å². The van der Waals surface area contributed by atoms with Crippen LogP contribution in [0.2, 0.25) is 10.0 Å². The number of ether oxygens (including phenoxy) is 2. The molecule has 25 heavy (non-hydrogen) atoms. The molecular weight excluding hydrogens is 373 g/mol. The molecule has 0 bridgehead atoms. The van der Waals surface area contributed by atoms with Gasteiger partial charge in [-0.1, -0.05) is 23.2 Å². The maximum atomic E-state index is 11.7. The predicted molar refractivity (Wildman–Crippen MR) is 92.4 cm³/mol. The molecule has 0 aliphatic carbocycles. The average molecular weight is 392 g/mol. The second-order valence-corrected chi connectivity index (χ2v) is 6.79. The van der Waals surface area contributed by atoms with Crippen molar-refractivity contribution in [3.63, 3.8) is 0 Å². The van der Waals surface area contributed by atoms with Gasteiger partial charge in [0.05, 0.1) is 15.5 Å². The lowest BCUT2D eigenvalue weighted by atomic mass is 9.98. The van der Waals surface area contributed by atoms with E-state index in [0.717, 1.165) is 0 Å². The number of hydrogen-bond acceptors (Lipinski definition) is 7. The summed E-state index contributed by atoms with van der Waals surface area (Å²) in [5.74, 6) is 3.25.